The molecule has 0 spiro atoms. The molecule has 0 bridgehead atoms. The Bertz CT molecular complexity index is 571. The van der Waals surface area contributed by atoms with Gasteiger partial charge in [-0.25, -0.2) is 0 Å². The van der Waals surface area contributed by atoms with Crippen LogP contribution >= 0.6 is 11.6 Å². The number of carbonyl (C=O) groups is 2. The van der Waals surface area contributed by atoms with Crippen molar-refractivity contribution in [2.75, 3.05) is 32.1 Å². The number of amides is 1. The van der Waals surface area contributed by atoms with Crippen molar-refractivity contribution in [3.05, 3.63) is 23.2 Å². The van der Waals surface area contributed by atoms with Gasteiger partial charge in [-0.3, -0.25) is 9.59 Å². The lowest BCUT2D eigenvalue weighted by Crippen LogP contribution is -2.37. The van der Waals surface area contributed by atoms with Crippen molar-refractivity contribution in [1.29, 1.82) is 0 Å². The molecule has 1 aliphatic heterocycles. The normalized spacial score (nSPS) is 16.1. The van der Waals surface area contributed by atoms with E-state index >= 15 is 0 Å². The summed E-state index contributed by atoms with van der Waals surface area (Å²) in [6, 6.07) is 5.05. The molecule has 1 amide bonds. The van der Waals surface area contributed by atoms with E-state index in [4.69, 9.17) is 21.4 Å². The van der Waals surface area contributed by atoms with E-state index in [1.54, 1.807) is 18.2 Å². The average molecular weight is 341 g/mol. The van der Waals surface area contributed by atoms with Crippen LogP contribution in [-0.4, -0.2) is 48.6 Å². The molecular weight excluding hydrogens is 320 g/mol. The van der Waals surface area contributed by atoms with Gasteiger partial charge in [-0.2, -0.15) is 0 Å². The van der Waals surface area contributed by atoms with Crippen LogP contribution in [0.3, 0.4) is 0 Å². The molecule has 1 fully saturated rings. The van der Waals surface area contributed by atoms with Crippen molar-refractivity contribution in [2.24, 2.45) is 5.92 Å². The maximum atomic E-state index is 12.1. The van der Waals surface area contributed by atoms with Crippen LogP contribution in [0.25, 0.3) is 0 Å². The molecule has 0 atom stereocenters. The summed E-state index contributed by atoms with van der Waals surface area (Å²) < 4.78 is 5.19. The van der Waals surface area contributed by atoms with E-state index in [1.165, 1.54) is 7.11 Å². The van der Waals surface area contributed by atoms with Gasteiger partial charge in [0.15, 0.2) is 0 Å². The third kappa shape index (κ3) is 5.11. The maximum absolute atomic E-state index is 12.1. The quantitative estimate of drug-likeness (QED) is 0.831. The molecule has 1 aromatic rings. The number of rotatable bonds is 6. The number of carboxylic acids is 1. The molecule has 1 aromatic carbocycles. The Morgan fingerprint density at radius 1 is 1.39 bits per heavy atom. The standard InChI is InChI=1S/C16H21ClN2O4/c1-23-14-3-2-12(17)10-13(14)18-15(20)6-9-19-7-4-11(5-8-19)16(21)22/h2-3,10-11H,4-9H2,1H3,(H,18,20)(H,21,22). The van der Waals surface area contributed by atoms with Gasteiger partial charge < -0.3 is 20.1 Å². The lowest BCUT2D eigenvalue weighted by molar-refractivity contribution is -0.143. The first kappa shape index (κ1) is 17.6. The lowest BCUT2D eigenvalue weighted by Gasteiger charge is -2.29. The number of ether oxygens (including phenoxy) is 1. The predicted molar refractivity (Wildman–Crippen MR) is 88.1 cm³/mol. The second-order valence-electron chi connectivity index (χ2n) is 5.60. The van der Waals surface area contributed by atoms with E-state index in [0.29, 0.717) is 55.4 Å². The van der Waals surface area contributed by atoms with E-state index in [2.05, 4.69) is 10.2 Å². The molecular formula is C16H21ClN2O4. The number of nitrogens with zero attached hydrogens (tertiary/aromatic N) is 1. The molecule has 2 rings (SSSR count). The Morgan fingerprint density at radius 3 is 2.70 bits per heavy atom. The Balaban J connectivity index is 1.80. The molecule has 23 heavy (non-hydrogen) atoms. The largest absolute Gasteiger partial charge is 0.495 e. The van der Waals surface area contributed by atoms with Crippen molar-refractivity contribution in [1.82, 2.24) is 4.90 Å². The highest BCUT2D eigenvalue weighted by molar-refractivity contribution is 6.31. The first-order valence-electron chi connectivity index (χ1n) is 7.58. The summed E-state index contributed by atoms with van der Waals surface area (Å²) in [4.78, 5) is 25.1. The predicted octanol–water partition coefficient (Wildman–Crippen LogP) is 2.47. The minimum atomic E-state index is -0.726. The van der Waals surface area contributed by atoms with Gasteiger partial charge in [0.05, 0.1) is 18.7 Å². The molecule has 0 unspecified atom stereocenters. The SMILES string of the molecule is COc1ccc(Cl)cc1NC(=O)CCN1CCC(C(=O)O)CC1. The Kier molecular flexibility index (Phi) is 6.24. The third-order valence-corrected chi connectivity index (χ3v) is 4.26. The summed E-state index contributed by atoms with van der Waals surface area (Å²) in [6.07, 6.45) is 1.62. The molecule has 7 heteroatoms. The highest BCUT2D eigenvalue weighted by Crippen LogP contribution is 2.27. The Hall–Kier alpha value is -1.79. The van der Waals surface area contributed by atoms with Crippen LogP contribution in [0.4, 0.5) is 5.69 Å². The zero-order valence-electron chi connectivity index (χ0n) is 13.0. The zero-order valence-corrected chi connectivity index (χ0v) is 13.8. The molecule has 2 N–H and O–H groups in total. The number of benzene rings is 1. The molecule has 0 aliphatic carbocycles. The minimum Gasteiger partial charge on any atom is -0.495 e. The first-order chi connectivity index (χ1) is 11.0. The average Bonchev–Trinajstić information content (AvgIpc) is 2.53. The van der Waals surface area contributed by atoms with Crippen molar-refractivity contribution >= 4 is 29.2 Å². The summed E-state index contributed by atoms with van der Waals surface area (Å²) in [7, 11) is 1.53. The summed E-state index contributed by atoms with van der Waals surface area (Å²) in [6.45, 7) is 2.04. The van der Waals surface area contributed by atoms with Gasteiger partial charge >= 0.3 is 5.97 Å². The summed E-state index contributed by atoms with van der Waals surface area (Å²) >= 11 is 5.93. The van der Waals surface area contributed by atoms with E-state index in [-0.39, 0.29) is 11.8 Å². The van der Waals surface area contributed by atoms with Crippen molar-refractivity contribution in [3.63, 3.8) is 0 Å². The smallest absolute Gasteiger partial charge is 0.306 e. The number of anilines is 1. The monoisotopic (exact) mass is 340 g/mol. The highest BCUT2D eigenvalue weighted by Gasteiger charge is 2.24. The molecule has 0 aromatic heterocycles. The molecule has 6 nitrogen and oxygen atoms in total. The highest BCUT2D eigenvalue weighted by atomic mass is 35.5. The lowest BCUT2D eigenvalue weighted by atomic mass is 9.97. The molecule has 0 radical (unpaired) electrons. The van der Waals surface area contributed by atoms with Gasteiger partial charge in [0.2, 0.25) is 5.91 Å². The van der Waals surface area contributed by atoms with Gasteiger partial charge in [0, 0.05) is 18.0 Å². The van der Waals surface area contributed by atoms with Crippen molar-refractivity contribution in [2.45, 2.75) is 19.3 Å². The molecule has 126 valence electrons. The van der Waals surface area contributed by atoms with Crippen LogP contribution in [0, 0.1) is 5.92 Å². The Labute approximate surface area is 140 Å². The Morgan fingerprint density at radius 2 is 2.09 bits per heavy atom. The zero-order chi connectivity index (χ0) is 16.8. The number of hydrogen-bond donors (Lipinski definition) is 2. The van der Waals surface area contributed by atoms with E-state index in [1.807, 2.05) is 0 Å². The number of nitrogens with one attached hydrogen (secondary N) is 1. The summed E-state index contributed by atoms with van der Waals surface area (Å²) in [5.41, 5.74) is 0.551. The number of halogens is 1. The number of methoxy groups -OCH3 is 1. The van der Waals surface area contributed by atoms with Gasteiger partial charge in [0.1, 0.15) is 5.75 Å². The molecule has 1 aliphatic rings. The van der Waals surface area contributed by atoms with Gasteiger partial charge in [-0.05, 0) is 44.1 Å². The number of piperidine rings is 1. The second kappa shape index (κ2) is 8.17. The molecule has 1 saturated heterocycles. The van der Waals surface area contributed by atoms with Crippen LogP contribution in [0.2, 0.25) is 5.02 Å². The summed E-state index contributed by atoms with van der Waals surface area (Å²) in [5.74, 6) is -0.540. The van der Waals surface area contributed by atoms with Crippen molar-refractivity contribution in [3.8, 4) is 5.75 Å². The van der Waals surface area contributed by atoms with Gasteiger partial charge in [-0.15, -0.1) is 0 Å². The first-order valence-corrected chi connectivity index (χ1v) is 7.96. The molecule has 1 heterocycles. The fraction of sp³-hybridized carbons (Fsp3) is 0.500. The van der Waals surface area contributed by atoms with E-state index in [0.717, 1.165) is 0 Å². The number of carboxylic acid groups (broad SMARTS) is 1. The topological polar surface area (TPSA) is 78.9 Å². The maximum Gasteiger partial charge on any atom is 0.306 e. The van der Waals surface area contributed by atoms with E-state index < -0.39 is 5.97 Å². The van der Waals surface area contributed by atoms with Crippen LogP contribution in [0.1, 0.15) is 19.3 Å². The number of aliphatic carboxylic acids is 1. The number of hydrogen-bond acceptors (Lipinski definition) is 4. The fourth-order valence-corrected chi connectivity index (χ4v) is 2.83. The molecule has 0 saturated carbocycles. The minimum absolute atomic E-state index is 0.120. The van der Waals surface area contributed by atoms with Crippen LogP contribution in [0.15, 0.2) is 18.2 Å². The van der Waals surface area contributed by atoms with Gasteiger partial charge in [-0.1, -0.05) is 11.6 Å². The number of carbonyl (C=O) groups excluding carboxylic acids is 1. The van der Waals surface area contributed by atoms with Gasteiger partial charge in [0.25, 0.3) is 0 Å². The number of likely N-dealkylation sites (tertiary alicyclic amines) is 1. The van der Waals surface area contributed by atoms with Crippen LogP contribution in [0.5, 0.6) is 5.75 Å². The van der Waals surface area contributed by atoms with Crippen LogP contribution < -0.4 is 10.1 Å². The van der Waals surface area contributed by atoms with Crippen LogP contribution in [-0.2, 0) is 9.59 Å². The fourth-order valence-electron chi connectivity index (χ4n) is 2.65. The van der Waals surface area contributed by atoms with Crippen molar-refractivity contribution < 1.29 is 19.4 Å². The second-order valence-corrected chi connectivity index (χ2v) is 6.03. The van der Waals surface area contributed by atoms with E-state index in [9.17, 15) is 9.59 Å². The summed E-state index contributed by atoms with van der Waals surface area (Å²) in [5, 5.41) is 12.3. The third-order valence-electron chi connectivity index (χ3n) is 4.03.